The average molecular weight is 873 g/mol. The van der Waals surface area contributed by atoms with Crippen LogP contribution in [0.1, 0.15) is 93.9 Å². The minimum atomic E-state index is -1.49. The molecule has 5 N–H and O–H groups in total. The van der Waals surface area contributed by atoms with Gasteiger partial charge in [0.2, 0.25) is 0 Å². The molecule has 17 heteroatoms. The second kappa shape index (κ2) is 25.1. The predicted octanol–water partition coefficient (Wildman–Crippen LogP) is 2.40. The summed E-state index contributed by atoms with van der Waals surface area (Å²) in [5.74, 6) is -2.42. The normalized spacial score (nSPS) is 39.4. The van der Waals surface area contributed by atoms with Gasteiger partial charge in [0.15, 0.2) is 18.7 Å². The molecule has 0 aromatic heterocycles. The number of methoxy groups -OCH3 is 1. The molecule has 3 aliphatic heterocycles. The molecule has 16 atom stereocenters. The Morgan fingerprint density at radius 3 is 2.31 bits per heavy atom. The summed E-state index contributed by atoms with van der Waals surface area (Å²) in [5.41, 5.74) is -1.49. The van der Waals surface area contributed by atoms with E-state index in [1.807, 2.05) is 26.8 Å². The van der Waals surface area contributed by atoms with Crippen molar-refractivity contribution in [1.29, 1.82) is 0 Å². The number of cyclic esters (lactones) is 1. The van der Waals surface area contributed by atoms with E-state index in [1.54, 1.807) is 64.9 Å². The van der Waals surface area contributed by atoms with Crippen LogP contribution in [0.4, 0.5) is 0 Å². The van der Waals surface area contributed by atoms with Gasteiger partial charge in [0.1, 0.15) is 36.1 Å². The maximum Gasteiger partial charge on any atom is 0.309 e. The Kier molecular flexibility index (Phi) is 21.7. The van der Waals surface area contributed by atoms with Crippen molar-refractivity contribution >= 4 is 17.9 Å². The zero-order chi connectivity index (χ0) is 45.6. The largest absolute Gasteiger partial charge is 0.462 e. The van der Waals surface area contributed by atoms with Crippen molar-refractivity contribution in [2.24, 2.45) is 17.8 Å². The fourth-order valence-electron chi connectivity index (χ4n) is 8.50. The average Bonchev–Trinajstić information content (AvgIpc) is 3.14. The van der Waals surface area contributed by atoms with Gasteiger partial charge in [0, 0.05) is 39.8 Å². The number of carbonyl (C=O) groups is 3. The lowest BCUT2D eigenvalue weighted by atomic mass is 9.82. The Morgan fingerprint density at radius 2 is 1.70 bits per heavy atom. The number of aliphatic hydroxyl groups excluding tert-OH is 3. The number of hydrogen-bond donors (Lipinski definition) is 5. The Hall–Kier alpha value is -2.55. The van der Waals surface area contributed by atoms with Gasteiger partial charge in [-0.05, 0) is 78.9 Å². The first-order chi connectivity index (χ1) is 28.7. The van der Waals surface area contributed by atoms with E-state index in [1.165, 1.54) is 14.0 Å². The summed E-state index contributed by atoms with van der Waals surface area (Å²) in [6.45, 7) is 14.4. The van der Waals surface area contributed by atoms with Crippen molar-refractivity contribution in [2.45, 2.75) is 179 Å². The summed E-state index contributed by atoms with van der Waals surface area (Å²) >= 11 is 0. The number of nitrogens with zero attached hydrogens (tertiary/aromatic N) is 1. The highest BCUT2D eigenvalue weighted by atomic mass is 16.7. The van der Waals surface area contributed by atoms with Gasteiger partial charge >= 0.3 is 17.9 Å². The zero-order valence-electron chi connectivity index (χ0n) is 38.1. The lowest BCUT2D eigenvalue weighted by Gasteiger charge is -2.50. The smallest absolute Gasteiger partial charge is 0.309 e. The van der Waals surface area contributed by atoms with Gasteiger partial charge in [-0.25, -0.2) is 0 Å². The van der Waals surface area contributed by atoms with Crippen molar-refractivity contribution in [3.8, 4) is 0 Å². The summed E-state index contributed by atoms with van der Waals surface area (Å²) in [6, 6.07) is -0.754. The van der Waals surface area contributed by atoms with E-state index >= 15 is 0 Å². The van der Waals surface area contributed by atoms with Crippen LogP contribution in [0, 0.1) is 17.8 Å². The predicted molar refractivity (Wildman–Crippen MR) is 224 cm³/mol. The van der Waals surface area contributed by atoms with E-state index in [-0.39, 0.29) is 37.7 Å². The number of allylic oxidation sites excluding steroid dienone is 2. The van der Waals surface area contributed by atoms with E-state index < -0.39 is 109 Å². The number of likely N-dealkylation sites (N-methyl/N-ethyl adjacent to an activating group) is 1. The van der Waals surface area contributed by atoms with E-state index in [4.69, 9.17) is 37.9 Å². The number of hydrogen-bond acceptors (Lipinski definition) is 17. The minimum Gasteiger partial charge on any atom is -0.462 e. The third-order valence-electron chi connectivity index (χ3n) is 11.5. The maximum absolute atomic E-state index is 13.4. The summed E-state index contributed by atoms with van der Waals surface area (Å²) in [5, 5.41) is 47.7. The standard InChI is InChI=1S/C44H76N2O15/c1-25(2)21-34(50)59-42-29(6)56-36(24-44(42,8)53)60-39-28(5)57-43(38(52)37(39)46(9)10)61-40-31(17-18-45-19-20-47)22-26(3)32(49)16-14-12-13-15-27(4)55-35(51)23-33(41(40)54-11)58-30(7)48/h12-14,16,25-29,31-33,36-43,45,47,49,52-53H,15,17-24H2,1-11H3/b13-12+,16-14+/t26-,27-,28-,29+,31+,32+,33-,36+,37-,38-,39-,40+,41+,42+,43+,44-/m1/s1. The fraction of sp³-hybridized carbons (Fsp3) is 0.841. The van der Waals surface area contributed by atoms with Crippen LogP contribution in [-0.2, 0) is 52.3 Å². The Bertz CT molecular complexity index is 1410. The second-order valence-corrected chi connectivity index (χ2v) is 17.8. The van der Waals surface area contributed by atoms with Gasteiger partial charge in [-0.15, -0.1) is 0 Å². The molecular formula is C44H76N2O15. The molecule has 0 aromatic carbocycles. The minimum absolute atomic E-state index is 0.0335. The third kappa shape index (κ3) is 16.2. The first kappa shape index (κ1) is 52.8. The molecule has 0 aromatic rings. The summed E-state index contributed by atoms with van der Waals surface area (Å²) in [6.07, 6.45) is -3.43. The fourth-order valence-corrected chi connectivity index (χ4v) is 8.50. The van der Waals surface area contributed by atoms with Gasteiger partial charge < -0.3 is 68.5 Å². The van der Waals surface area contributed by atoms with Gasteiger partial charge in [-0.3, -0.25) is 14.4 Å². The van der Waals surface area contributed by atoms with Crippen molar-refractivity contribution in [3.63, 3.8) is 0 Å². The lowest BCUT2D eigenvalue weighted by molar-refractivity contribution is -0.344. The van der Waals surface area contributed by atoms with Crippen molar-refractivity contribution in [2.75, 3.05) is 40.9 Å². The molecule has 0 amide bonds. The van der Waals surface area contributed by atoms with Gasteiger partial charge in [-0.1, -0.05) is 45.1 Å². The highest BCUT2D eigenvalue weighted by Gasteiger charge is 2.53. The van der Waals surface area contributed by atoms with Crippen LogP contribution in [-0.4, -0.2) is 169 Å². The first-order valence-electron chi connectivity index (χ1n) is 21.8. The highest BCUT2D eigenvalue weighted by Crippen LogP contribution is 2.38. The number of esters is 3. The Labute approximate surface area is 362 Å². The summed E-state index contributed by atoms with van der Waals surface area (Å²) in [4.78, 5) is 40.4. The molecule has 2 fully saturated rings. The van der Waals surface area contributed by atoms with E-state index in [2.05, 4.69) is 5.32 Å². The van der Waals surface area contributed by atoms with Crippen molar-refractivity contribution in [3.05, 3.63) is 24.3 Å². The topological polar surface area (TPSA) is 221 Å². The second-order valence-electron chi connectivity index (χ2n) is 17.8. The van der Waals surface area contributed by atoms with Crippen LogP contribution in [0.3, 0.4) is 0 Å². The molecule has 17 nitrogen and oxygen atoms in total. The van der Waals surface area contributed by atoms with Gasteiger partial charge in [-0.2, -0.15) is 0 Å². The molecule has 0 unspecified atom stereocenters. The maximum atomic E-state index is 13.4. The molecule has 352 valence electrons. The van der Waals surface area contributed by atoms with Crippen LogP contribution in [0.15, 0.2) is 24.3 Å². The Morgan fingerprint density at radius 1 is 1.00 bits per heavy atom. The molecule has 0 saturated carbocycles. The van der Waals surface area contributed by atoms with Crippen LogP contribution < -0.4 is 5.32 Å². The number of carbonyl (C=O) groups excluding carboxylic acids is 3. The zero-order valence-corrected chi connectivity index (χ0v) is 38.1. The molecule has 0 radical (unpaired) electrons. The Balaban J connectivity index is 2.02. The quantitative estimate of drug-likeness (QED) is 0.0906. The first-order valence-corrected chi connectivity index (χ1v) is 21.8. The van der Waals surface area contributed by atoms with E-state index in [0.29, 0.717) is 32.4 Å². The van der Waals surface area contributed by atoms with Crippen LogP contribution >= 0.6 is 0 Å². The molecule has 0 spiro atoms. The van der Waals surface area contributed by atoms with Crippen molar-refractivity contribution in [1.82, 2.24) is 10.2 Å². The molecule has 2 saturated heterocycles. The number of nitrogens with one attached hydrogen (secondary N) is 1. The van der Waals surface area contributed by atoms with Crippen LogP contribution in [0.25, 0.3) is 0 Å². The van der Waals surface area contributed by atoms with E-state index in [0.717, 1.165) is 0 Å². The van der Waals surface area contributed by atoms with E-state index in [9.17, 15) is 34.8 Å². The summed E-state index contributed by atoms with van der Waals surface area (Å²) < 4.78 is 49.3. The molecule has 3 aliphatic rings. The number of aliphatic hydroxyl groups is 4. The van der Waals surface area contributed by atoms with Gasteiger partial charge in [0.05, 0.1) is 43.5 Å². The monoisotopic (exact) mass is 873 g/mol. The number of rotatable bonds is 15. The molecule has 3 rings (SSSR count). The molecular weight excluding hydrogens is 796 g/mol. The SMILES string of the molecule is CO[C@@H]1[C@@H](O[C@@H]2O[C@H](C)[C@@H](O[C@H]3C[C@@](C)(O)[C@@H](OC(=O)CC(C)C)[C@H](C)O3)[C@H](N(C)C)[C@H]2O)[C@@H](CCNCCO)C[C@@H](C)[C@@H](O)/C=C/C=C/C[C@@H](C)OC(=O)C[C@H]1OC(C)=O. The van der Waals surface area contributed by atoms with Gasteiger partial charge in [0.25, 0.3) is 0 Å². The lowest BCUT2D eigenvalue weighted by Crippen LogP contribution is -2.66. The van der Waals surface area contributed by atoms with Crippen molar-refractivity contribution < 1.29 is 72.7 Å². The number of ether oxygens (including phenoxy) is 8. The highest BCUT2D eigenvalue weighted by molar-refractivity contribution is 5.72. The molecule has 0 bridgehead atoms. The third-order valence-corrected chi connectivity index (χ3v) is 11.5. The summed E-state index contributed by atoms with van der Waals surface area (Å²) in [7, 11) is 4.97. The molecule has 3 heterocycles. The molecule has 0 aliphatic carbocycles. The molecule has 61 heavy (non-hydrogen) atoms. The van der Waals surface area contributed by atoms with Crippen LogP contribution in [0.2, 0.25) is 0 Å². The van der Waals surface area contributed by atoms with Crippen LogP contribution in [0.5, 0.6) is 0 Å².